The number of phenols is 2. The summed E-state index contributed by atoms with van der Waals surface area (Å²) in [4.78, 5) is 0. The second-order valence-electron chi connectivity index (χ2n) is 9.32. The number of aromatic hydroxyl groups is 2. The quantitative estimate of drug-likeness (QED) is 0.278. The third kappa shape index (κ3) is 3.11. The molecular formula is C33H22O2. The summed E-state index contributed by atoms with van der Waals surface area (Å²) < 4.78 is 0. The summed E-state index contributed by atoms with van der Waals surface area (Å²) in [5.41, 5.74) is 8.84. The lowest BCUT2D eigenvalue weighted by molar-refractivity contribution is 0.475. The van der Waals surface area contributed by atoms with Crippen LogP contribution in [0.4, 0.5) is 0 Å². The molecule has 2 N–H and O–H groups in total. The predicted molar refractivity (Wildman–Crippen MR) is 143 cm³/mol. The van der Waals surface area contributed by atoms with E-state index < -0.39 is 0 Å². The molecule has 1 atom stereocenters. The minimum Gasteiger partial charge on any atom is -0.508 e. The Balaban J connectivity index is 1.47. The lowest BCUT2D eigenvalue weighted by Crippen LogP contribution is -2.01. The molecule has 0 radical (unpaired) electrons. The van der Waals surface area contributed by atoms with Crippen LogP contribution in [0.2, 0.25) is 0 Å². The average Bonchev–Trinajstić information content (AvgIpc) is 3.23. The Morgan fingerprint density at radius 3 is 1.86 bits per heavy atom. The molecule has 0 spiro atoms. The summed E-state index contributed by atoms with van der Waals surface area (Å²) in [6, 6.07) is 39.4. The second kappa shape index (κ2) is 7.48. The molecule has 1 aliphatic rings. The molecule has 7 rings (SSSR count). The van der Waals surface area contributed by atoms with Crippen LogP contribution in [-0.4, -0.2) is 10.2 Å². The first-order valence-electron chi connectivity index (χ1n) is 11.8. The molecule has 35 heavy (non-hydrogen) atoms. The molecule has 0 bridgehead atoms. The third-order valence-electron chi connectivity index (χ3n) is 7.27. The molecule has 6 aromatic carbocycles. The van der Waals surface area contributed by atoms with Gasteiger partial charge in [-0.15, -0.1) is 0 Å². The van der Waals surface area contributed by atoms with Gasteiger partial charge in [-0.2, -0.15) is 0 Å². The molecule has 0 fully saturated rings. The molecule has 1 aliphatic carbocycles. The maximum atomic E-state index is 9.91. The van der Waals surface area contributed by atoms with Crippen LogP contribution in [0.15, 0.2) is 115 Å². The normalized spacial score (nSPS) is 14.2. The number of benzene rings is 6. The van der Waals surface area contributed by atoms with Crippen LogP contribution >= 0.6 is 0 Å². The zero-order valence-corrected chi connectivity index (χ0v) is 18.9. The fourth-order valence-electron chi connectivity index (χ4n) is 5.69. The number of phenolic OH excluding ortho intramolecular Hbond substituents is 2. The summed E-state index contributed by atoms with van der Waals surface area (Å²) in [5.74, 6) is 0.686. The van der Waals surface area contributed by atoms with Crippen molar-refractivity contribution in [3.8, 4) is 33.8 Å². The molecule has 166 valence electrons. The largest absolute Gasteiger partial charge is 0.508 e. The third-order valence-corrected chi connectivity index (χ3v) is 7.27. The van der Waals surface area contributed by atoms with Crippen LogP contribution < -0.4 is 0 Å². The first kappa shape index (κ1) is 19.9. The first-order valence-corrected chi connectivity index (χ1v) is 11.8. The van der Waals surface area contributed by atoms with Crippen LogP contribution in [0.1, 0.15) is 22.6 Å². The van der Waals surface area contributed by atoms with E-state index in [1.807, 2.05) is 18.2 Å². The highest BCUT2D eigenvalue weighted by atomic mass is 16.3. The van der Waals surface area contributed by atoms with Crippen molar-refractivity contribution in [2.45, 2.75) is 5.92 Å². The fourth-order valence-corrected chi connectivity index (χ4v) is 5.69. The van der Waals surface area contributed by atoms with Gasteiger partial charge in [-0.1, -0.05) is 84.9 Å². The predicted octanol–water partition coefficient (Wildman–Crippen LogP) is 8.23. The minimum absolute atomic E-state index is 0.117. The molecule has 0 saturated carbocycles. The Morgan fingerprint density at radius 1 is 0.457 bits per heavy atom. The van der Waals surface area contributed by atoms with Crippen molar-refractivity contribution in [1.29, 1.82) is 0 Å². The van der Waals surface area contributed by atoms with Crippen molar-refractivity contribution in [3.05, 3.63) is 132 Å². The summed E-state index contributed by atoms with van der Waals surface area (Å²) in [6.45, 7) is 0. The van der Waals surface area contributed by atoms with E-state index in [1.165, 1.54) is 38.9 Å². The van der Waals surface area contributed by atoms with Crippen molar-refractivity contribution in [3.63, 3.8) is 0 Å². The van der Waals surface area contributed by atoms with Gasteiger partial charge in [0.15, 0.2) is 0 Å². The summed E-state index contributed by atoms with van der Waals surface area (Å²) in [5, 5.41) is 24.1. The zero-order valence-electron chi connectivity index (χ0n) is 18.9. The van der Waals surface area contributed by atoms with Crippen molar-refractivity contribution in [2.75, 3.05) is 0 Å². The van der Waals surface area contributed by atoms with Crippen molar-refractivity contribution < 1.29 is 10.2 Å². The van der Waals surface area contributed by atoms with E-state index in [1.54, 1.807) is 18.2 Å². The summed E-state index contributed by atoms with van der Waals surface area (Å²) >= 11 is 0. The van der Waals surface area contributed by atoms with Gasteiger partial charge in [-0.05, 0) is 90.8 Å². The minimum atomic E-state index is 0.117. The smallest absolute Gasteiger partial charge is 0.116 e. The van der Waals surface area contributed by atoms with Gasteiger partial charge in [0.25, 0.3) is 0 Å². The van der Waals surface area contributed by atoms with Gasteiger partial charge < -0.3 is 10.2 Å². The van der Waals surface area contributed by atoms with Crippen LogP contribution in [0.5, 0.6) is 11.5 Å². The van der Waals surface area contributed by atoms with Gasteiger partial charge in [0.1, 0.15) is 11.5 Å². The molecule has 0 heterocycles. The Morgan fingerprint density at radius 2 is 1.06 bits per heavy atom. The van der Waals surface area contributed by atoms with Crippen LogP contribution in [0, 0.1) is 0 Å². The van der Waals surface area contributed by atoms with E-state index in [2.05, 4.69) is 78.9 Å². The molecule has 0 aromatic heterocycles. The molecule has 0 saturated heterocycles. The lowest BCUT2D eigenvalue weighted by atomic mass is 9.84. The molecular weight excluding hydrogens is 428 g/mol. The summed E-state index contributed by atoms with van der Waals surface area (Å²) in [6.07, 6.45) is 0. The zero-order chi connectivity index (χ0) is 23.5. The topological polar surface area (TPSA) is 40.5 Å². The number of rotatable bonds is 2. The van der Waals surface area contributed by atoms with Gasteiger partial charge in [0.2, 0.25) is 0 Å². The second-order valence-corrected chi connectivity index (χ2v) is 9.32. The van der Waals surface area contributed by atoms with Gasteiger partial charge in [-0.3, -0.25) is 0 Å². The number of hydrogen-bond acceptors (Lipinski definition) is 2. The van der Waals surface area contributed by atoms with E-state index in [0.29, 0.717) is 0 Å². The van der Waals surface area contributed by atoms with Crippen LogP contribution in [-0.2, 0) is 0 Å². The highest BCUT2D eigenvalue weighted by Gasteiger charge is 2.32. The maximum absolute atomic E-state index is 9.91. The van der Waals surface area contributed by atoms with Crippen LogP contribution in [0.25, 0.3) is 43.8 Å². The molecule has 2 heteroatoms. The molecule has 0 amide bonds. The maximum Gasteiger partial charge on any atom is 0.116 e. The van der Waals surface area contributed by atoms with E-state index in [-0.39, 0.29) is 17.4 Å². The van der Waals surface area contributed by atoms with E-state index >= 15 is 0 Å². The van der Waals surface area contributed by atoms with Gasteiger partial charge in [0.05, 0.1) is 0 Å². The Labute approximate surface area is 203 Å². The van der Waals surface area contributed by atoms with E-state index in [4.69, 9.17) is 0 Å². The fraction of sp³-hybridized carbons (Fsp3) is 0.0303. The number of hydrogen-bond donors (Lipinski definition) is 2. The Kier molecular flexibility index (Phi) is 4.24. The SMILES string of the molecule is Oc1ccc2cc(-c3cccc4c3C(c3ccc5cc(O)ccc5c3)c3ccccc3-4)ccc2c1. The Hall–Kier alpha value is -4.56. The monoisotopic (exact) mass is 450 g/mol. The van der Waals surface area contributed by atoms with Gasteiger partial charge in [-0.25, -0.2) is 0 Å². The lowest BCUT2D eigenvalue weighted by Gasteiger charge is -2.19. The van der Waals surface area contributed by atoms with E-state index in [9.17, 15) is 10.2 Å². The van der Waals surface area contributed by atoms with Crippen molar-refractivity contribution in [1.82, 2.24) is 0 Å². The summed E-state index contributed by atoms with van der Waals surface area (Å²) in [7, 11) is 0. The molecule has 2 nitrogen and oxygen atoms in total. The Bertz CT molecular complexity index is 1780. The van der Waals surface area contributed by atoms with Gasteiger partial charge >= 0.3 is 0 Å². The molecule has 1 unspecified atom stereocenters. The average molecular weight is 451 g/mol. The van der Waals surface area contributed by atoms with Crippen molar-refractivity contribution >= 4 is 21.5 Å². The highest BCUT2D eigenvalue weighted by Crippen LogP contribution is 2.51. The standard InChI is InChI=1S/C33H22O2/c34-26-14-12-20-16-24(10-8-22(20)18-26)28-6-3-7-31-29-4-1-2-5-30(29)32(33(28)31)25-11-9-23-19-27(35)15-13-21(23)17-25/h1-19,32,34-35H. The van der Waals surface area contributed by atoms with E-state index in [0.717, 1.165) is 21.5 Å². The van der Waals surface area contributed by atoms with Crippen LogP contribution in [0.3, 0.4) is 0 Å². The van der Waals surface area contributed by atoms with Gasteiger partial charge in [0, 0.05) is 5.92 Å². The van der Waals surface area contributed by atoms with Crippen molar-refractivity contribution in [2.24, 2.45) is 0 Å². The first-order chi connectivity index (χ1) is 17.2. The highest BCUT2D eigenvalue weighted by molar-refractivity contribution is 5.93. The molecule has 0 aliphatic heterocycles. The number of fused-ring (bicyclic) bond motifs is 5. The molecule has 6 aromatic rings.